The molecule has 0 radical (unpaired) electrons. The van der Waals surface area contributed by atoms with Crippen LogP contribution < -0.4 is 5.32 Å². The van der Waals surface area contributed by atoms with Gasteiger partial charge >= 0.3 is 0 Å². The predicted octanol–water partition coefficient (Wildman–Crippen LogP) is 0.494. The van der Waals surface area contributed by atoms with Crippen molar-refractivity contribution in [1.82, 2.24) is 25.5 Å². The molecule has 2 aliphatic rings. The average molecular weight is 237 g/mol. The molecule has 2 heterocycles. The lowest BCUT2D eigenvalue weighted by Crippen LogP contribution is -2.32. The Morgan fingerprint density at radius 2 is 2.41 bits per heavy atom. The second-order valence-corrected chi connectivity index (χ2v) is 5.31. The molecule has 3 rings (SSSR count). The monoisotopic (exact) mass is 237 g/mol. The normalized spacial score (nSPS) is 28.8. The van der Waals surface area contributed by atoms with Crippen LogP contribution in [-0.2, 0) is 17.8 Å². The molecule has 1 saturated carbocycles. The molecule has 1 unspecified atom stereocenters. The van der Waals surface area contributed by atoms with Gasteiger partial charge in [0.15, 0.2) is 5.82 Å². The molecule has 94 valence electrons. The van der Waals surface area contributed by atoms with E-state index in [0.29, 0.717) is 6.04 Å². The minimum atomic E-state index is -0.0935. The highest BCUT2D eigenvalue weighted by atomic mass is 16.5. The molecule has 1 aliphatic carbocycles. The van der Waals surface area contributed by atoms with Crippen molar-refractivity contribution in [3.05, 3.63) is 5.82 Å². The van der Waals surface area contributed by atoms with Crippen LogP contribution in [0.1, 0.15) is 38.4 Å². The van der Waals surface area contributed by atoms with Crippen LogP contribution in [0.3, 0.4) is 0 Å². The summed E-state index contributed by atoms with van der Waals surface area (Å²) < 4.78 is 7.65. The van der Waals surface area contributed by atoms with Crippen LogP contribution in [-0.4, -0.2) is 38.5 Å². The fraction of sp³-hybridized carbons (Fsp3) is 0.909. The Kier molecular flexibility index (Phi) is 2.84. The topological polar surface area (TPSA) is 64.9 Å². The zero-order chi connectivity index (χ0) is 11.7. The standard InChI is InChI=1S/C11H19N5O/c1-11(5-2-6-17-11)8-16-10(13-14-15-16)7-12-9-3-4-9/h9,12H,2-8H2,1H3. The largest absolute Gasteiger partial charge is 0.373 e. The number of ether oxygens (including phenoxy) is 1. The van der Waals surface area contributed by atoms with Crippen molar-refractivity contribution in [3.8, 4) is 0 Å². The molecule has 1 N–H and O–H groups in total. The highest BCUT2D eigenvalue weighted by Gasteiger charge is 2.31. The van der Waals surface area contributed by atoms with Crippen LogP contribution in [0, 0.1) is 0 Å². The number of hydrogen-bond acceptors (Lipinski definition) is 5. The van der Waals surface area contributed by atoms with Gasteiger partial charge in [0.05, 0.1) is 18.7 Å². The SMILES string of the molecule is CC1(Cn2nnnc2CNC2CC2)CCCO1. The number of rotatable bonds is 5. The Morgan fingerprint density at radius 1 is 1.53 bits per heavy atom. The summed E-state index contributed by atoms with van der Waals surface area (Å²) in [4.78, 5) is 0. The van der Waals surface area contributed by atoms with Gasteiger partial charge in [-0.25, -0.2) is 4.68 Å². The maximum absolute atomic E-state index is 5.77. The molecule has 0 spiro atoms. The summed E-state index contributed by atoms with van der Waals surface area (Å²) in [5.41, 5.74) is -0.0935. The fourth-order valence-electron chi connectivity index (χ4n) is 2.27. The number of tetrazole rings is 1. The molecule has 17 heavy (non-hydrogen) atoms. The number of nitrogens with one attached hydrogen (secondary N) is 1. The fourth-order valence-corrected chi connectivity index (χ4v) is 2.27. The van der Waals surface area contributed by atoms with Crippen LogP contribution in [0.4, 0.5) is 0 Å². The molecular weight excluding hydrogens is 218 g/mol. The zero-order valence-corrected chi connectivity index (χ0v) is 10.2. The van der Waals surface area contributed by atoms with Crippen LogP contribution in [0.25, 0.3) is 0 Å². The molecule has 2 fully saturated rings. The van der Waals surface area contributed by atoms with E-state index in [1.54, 1.807) is 0 Å². The molecule has 0 bridgehead atoms. The third-order valence-corrected chi connectivity index (χ3v) is 3.52. The lowest BCUT2D eigenvalue weighted by Gasteiger charge is -2.23. The molecule has 1 atom stereocenters. The van der Waals surface area contributed by atoms with E-state index in [1.807, 2.05) is 4.68 Å². The van der Waals surface area contributed by atoms with E-state index in [1.165, 1.54) is 12.8 Å². The molecule has 0 amide bonds. The maximum atomic E-state index is 5.77. The van der Waals surface area contributed by atoms with Crippen molar-refractivity contribution in [2.45, 2.75) is 57.3 Å². The highest BCUT2D eigenvalue weighted by Crippen LogP contribution is 2.26. The third-order valence-electron chi connectivity index (χ3n) is 3.52. The van der Waals surface area contributed by atoms with Gasteiger partial charge in [0, 0.05) is 12.6 Å². The molecule has 1 aliphatic heterocycles. The number of aromatic nitrogens is 4. The summed E-state index contributed by atoms with van der Waals surface area (Å²) in [7, 11) is 0. The Bertz CT molecular complexity index is 381. The molecule has 6 heteroatoms. The van der Waals surface area contributed by atoms with Gasteiger partial charge in [-0.2, -0.15) is 0 Å². The highest BCUT2D eigenvalue weighted by molar-refractivity contribution is 4.89. The quantitative estimate of drug-likeness (QED) is 0.807. The minimum Gasteiger partial charge on any atom is -0.373 e. The van der Waals surface area contributed by atoms with Crippen molar-refractivity contribution in [2.75, 3.05) is 6.61 Å². The van der Waals surface area contributed by atoms with Crippen molar-refractivity contribution < 1.29 is 4.74 Å². The summed E-state index contributed by atoms with van der Waals surface area (Å²) in [5.74, 6) is 0.911. The van der Waals surface area contributed by atoms with E-state index in [4.69, 9.17) is 4.74 Å². The van der Waals surface area contributed by atoms with E-state index in [9.17, 15) is 0 Å². The van der Waals surface area contributed by atoms with Gasteiger partial charge in [0.25, 0.3) is 0 Å². The van der Waals surface area contributed by atoms with E-state index in [-0.39, 0.29) is 5.60 Å². The lowest BCUT2D eigenvalue weighted by molar-refractivity contribution is 0.00244. The third kappa shape index (κ3) is 2.63. The first-order valence-corrected chi connectivity index (χ1v) is 6.38. The molecule has 1 aromatic rings. The van der Waals surface area contributed by atoms with Gasteiger partial charge in [-0.05, 0) is 43.0 Å². The van der Waals surface area contributed by atoms with Gasteiger partial charge in [0.1, 0.15) is 0 Å². The van der Waals surface area contributed by atoms with Crippen LogP contribution >= 0.6 is 0 Å². The van der Waals surface area contributed by atoms with Crippen molar-refractivity contribution >= 4 is 0 Å². The van der Waals surface area contributed by atoms with Gasteiger partial charge < -0.3 is 10.1 Å². The first-order chi connectivity index (χ1) is 8.25. The Balaban J connectivity index is 1.63. The Hall–Kier alpha value is -1.01. The average Bonchev–Trinajstić information content (AvgIpc) is 2.89. The van der Waals surface area contributed by atoms with E-state index < -0.39 is 0 Å². The molecular formula is C11H19N5O. The smallest absolute Gasteiger partial charge is 0.165 e. The summed E-state index contributed by atoms with van der Waals surface area (Å²) in [6, 6.07) is 0.679. The first kappa shape index (κ1) is 11.1. The summed E-state index contributed by atoms with van der Waals surface area (Å²) in [6.07, 6.45) is 4.78. The van der Waals surface area contributed by atoms with E-state index in [2.05, 4.69) is 27.8 Å². The summed E-state index contributed by atoms with van der Waals surface area (Å²) in [6.45, 7) is 4.50. The molecule has 1 aromatic heterocycles. The maximum Gasteiger partial charge on any atom is 0.165 e. The molecule has 0 aromatic carbocycles. The molecule has 6 nitrogen and oxygen atoms in total. The summed E-state index contributed by atoms with van der Waals surface area (Å²) in [5, 5.41) is 15.3. The molecule has 1 saturated heterocycles. The Morgan fingerprint density at radius 3 is 3.12 bits per heavy atom. The lowest BCUT2D eigenvalue weighted by atomic mass is 10.0. The first-order valence-electron chi connectivity index (χ1n) is 6.38. The van der Waals surface area contributed by atoms with Crippen molar-refractivity contribution in [3.63, 3.8) is 0 Å². The Labute approximate surface area is 101 Å². The number of nitrogens with zero attached hydrogens (tertiary/aromatic N) is 4. The van der Waals surface area contributed by atoms with Crippen LogP contribution in [0.2, 0.25) is 0 Å². The second kappa shape index (κ2) is 4.34. The zero-order valence-electron chi connectivity index (χ0n) is 10.2. The van der Waals surface area contributed by atoms with Crippen LogP contribution in [0.15, 0.2) is 0 Å². The number of hydrogen-bond donors (Lipinski definition) is 1. The van der Waals surface area contributed by atoms with Crippen LogP contribution in [0.5, 0.6) is 0 Å². The van der Waals surface area contributed by atoms with E-state index >= 15 is 0 Å². The van der Waals surface area contributed by atoms with Gasteiger partial charge in [-0.15, -0.1) is 5.10 Å². The minimum absolute atomic E-state index is 0.0935. The van der Waals surface area contributed by atoms with Gasteiger partial charge in [-0.1, -0.05) is 0 Å². The van der Waals surface area contributed by atoms with Crippen molar-refractivity contribution in [1.29, 1.82) is 0 Å². The van der Waals surface area contributed by atoms with Crippen molar-refractivity contribution in [2.24, 2.45) is 0 Å². The van der Waals surface area contributed by atoms with Gasteiger partial charge in [-0.3, -0.25) is 0 Å². The second-order valence-electron chi connectivity index (χ2n) is 5.31. The summed E-state index contributed by atoms with van der Waals surface area (Å²) >= 11 is 0. The van der Waals surface area contributed by atoms with E-state index in [0.717, 1.165) is 38.4 Å². The predicted molar refractivity (Wildman–Crippen MR) is 61.3 cm³/mol. The van der Waals surface area contributed by atoms with Gasteiger partial charge in [0.2, 0.25) is 0 Å².